The molecule has 1 aliphatic rings. The van der Waals surface area contributed by atoms with Gasteiger partial charge in [0.1, 0.15) is 0 Å². The van der Waals surface area contributed by atoms with E-state index >= 15 is 0 Å². The quantitative estimate of drug-likeness (QED) is 0.829. The maximum Gasteiger partial charge on any atom is 0.337 e. The van der Waals surface area contributed by atoms with E-state index in [1.807, 2.05) is 30.3 Å². The van der Waals surface area contributed by atoms with Crippen molar-refractivity contribution in [1.82, 2.24) is 0 Å². The Morgan fingerprint density at radius 3 is 2.71 bits per heavy atom. The van der Waals surface area contributed by atoms with Crippen molar-refractivity contribution < 1.29 is 14.6 Å². The highest BCUT2D eigenvalue weighted by molar-refractivity contribution is 6.08. The van der Waals surface area contributed by atoms with Gasteiger partial charge in [0.05, 0.1) is 29.8 Å². The molecule has 0 aromatic heterocycles. The Balaban J connectivity index is 2.02. The molecule has 2 aromatic carbocycles. The van der Waals surface area contributed by atoms with Gasteiger partial charge in [-0.2, -0.15) is 0 Å². The molecule has 0 fully saturated rings. The van der Waals surface area contributed by atoms with E-state index < -0.39 is 12.2 Å². The molecule has 106 valence electrons. The lowest BCUT2D eigenvalue weighted by atomic mass is 10.1. The fourth-order valence-corrected chi connectivity index (χ4v) is 2.23. The second kappa shape index (κ2) is 5.38. The van der Waals surface area contributed by atoms with Gasteiger partial charge in [-0.1, -0.05) is 30.3 Å². The summed E-state index contributed by atoms with van der Waals surface area (Å²) in [6, 6.07) is 14.5. The zero-order valence-corrected chi connectivity index (χ0v) is 11.4. The molecule has 5 heteroatoms. The Morgan fingerprint density at radius 1 is 1.24 bits per heavy atom. The molecule has 0 aliphatic carbocycles. The van der Waals surface area contributed by atoms with Gasteiger partial charge in [-0.3, -0.25) is 0 Å². The third-order valence-electron chi connectivity index (χ3n) is 3.28. The lowest BCUT2D eigenvalue weighted by Crippen LogP contribution is -2.32. The number of hydrogen-bond acceptors (Lipinski definition) is 5. The number of rotatable bonds is 2. The van der Waals surface area contributed by atoms with Gasteiger partial charge in [0.25, 0.3) is 0 Å². The molecule has 0 amide bonds. The number of esters is 1. The van der Waals surface area contributed by atoms with Crippen molar-refractivity contribution in [3.05, 3.63) is 59.7 Å². The van der Waals surface area contributed by atoms with Gasteiger partial charge >= 0.3 is 5.97 Å². The highest BCUT2D eigenvalue weighted by atomic mass is 16.5. The second-order valence-electron chi connectivity index (χ2n) is 4.63. The lowest BCUT2D eigenvalue weighted by Gasteiger charge is -2.23. The summed E-state index contributed by atoms with van der Waals surface area (Å²) in [5.41, 5.74) is 3.08. The van der Waals surface area contributed by atoms with Crippen LogP contribution in [-0.4, -0.2) is 30.1 Å². The Labute approximate surface area is 121 Å². The van der Waals surface area contributed by atoms with Crippen LogP contribution in [0.5, 0.6) is 0 Å². The van der Waals surface area contributed by atoms with Crippen LogP contribution < -0.4 is 5.32 Å². The molecule has 2 aromatic rings. The summed E-state index contributed by atoms with van der Waals surface area (Å²) < 4.78 is 4.68. The number of carbonyl (C=O) groups is 1. The zero-order valence-electron chi connectivity index (χ0n) is 11.4. The summed E-state index contributed by atoms with van der Waals surface area (Å²) in [4.78, 5) is 16.0. The Kier molecular flexibility index (Phi) is 3.41. The molecule has 1 atom stereocenters. The van der Waals surface area contributed by atoms with Crippen LogP contribution in [0.25, 0.3) is 0 Å². The number of nitrogens with one attached hydrogen (secondary N) is 1. The number of methoxy groups -OCH3 is 1. The van der Waals surface area contributed by atoms with Crippen molar-refractivity contribution in [3.8, 4) is 0 Å². The largest absolute Gasteiger partial charge is 0.465 e. The van der Waals surface area contributed by atoms with Crippen LogP contribution in [0.2, 0.25) is 0 Å². The molecule has 0 spiro atoms. The predicted molar refractivity (Wildman–Crippen MR) is 80.1 cm³/mol. The number of fused-ring (bicyclic) bond motifs is 1. The zero-order chi connectivity index (χ0) is 14.8. The summed E-state index contributed by atoms with van der Waals surface area (Å²) in [5, 5.41) is 13.1. The maximum absolute atomic E-state index is 11.5. The van der Waals surface area contributed by atoms with Gasteiger partial charge in [0.2, 0.25) is 0 Å². The summed E-state index contributed by atoms with van der Waals surface area (Å²) in [6.45, 7) is 0. The van der Waals surface area contributed by atoms with E-state index in [0.717, 1.165) is 5.56 Å². The first-order valence-electron chi connectivity index (χ1n) is 6.50. The van der Waals surface area contributed by atoms with Gasteiger partial charge in [0.15, 0.2) is 6.23 Å². The number of carbonyl (C=O) groups excluding carboxylic acids is 1. The first kappa shape index (κ1) is 13.3. The number of anilines is 1. The molecule has 0 bridgehead atoms. The van der Waals surface area contributed by atoms with Crippen LogP contribution in [-0.2, 0) is 4.74 Å². The molecular weight excluding hydrogens is 268 g/mol. The smallest absolute Gasteiger partial charge is 0.337 e. The Morgan fingerprint density at radius 2 is 2.00 bits per heavy atom. The number of benzene rings is 2. The maximum atomic E-state index is 11.5. The van der Waals surface area contributed by atoms with Crippen molar-refractivity contribution in [2.75, 3.05) is 12.4 Å². The molecule has 21 heavy (non-hydrogen) atoms. The SMILES string of the molecule is COC(=O)c1ccc2c(c1)NC(O)C(c1ccccc1)=N2. The average molecular weight is 282 g/mol. The number of nitrogens with zero attached hydrogens (tertiary/aromatic N) is 1. The molecule has 1 heterocycles. The number of hydrogen-bond donors (Lipinski definition) is 2. The van der Waals surface area contributed by atoms with Gasteiger partial charge in [-0.25, -0.2) is 9.79 Å². The third kappa shape index (κ3) is 2.51. The molecule has 0 saturated heterocycles. The van der Waals surface area contributed by atoms with Crippen molar-refractivity contribution in [2.24, 2.45) is 4.99 Å². The highest BCUT2D eigenvalue weighted by Gasteiger charge is 2.22. The van der Waals surface area contributed by atoms with Gasteiger partial charge in [-0.15, -0.1) is 0 Å². The first-order chi connectivity index (χ1) is 10.2. The molecule has 3 rings (SSSR count). The minimum Gasteiger partial charge on any atom is -0.465 e. The van der Waals surface area contributed by atoms with Gasteiger partial charge < -0.3 is 15.2 Å². The van der Waals surface area contributed by atoms with E-state index in [9.17, 15) is 9.90 Å². The van der Waals surface area contributed by atoms with E-state index in [1.54, 1.807) is 18.2 Å². The fraction of sp³-hybridized carbons (Fsp3) is 0.125. The number of aliphatic imine (C=N–C) groups is 1. The van der Waals surface area contributed by atoms with Crippen molar-refractivity contribution in [1.29, 1.82) is 0 Å². The van der Waals surface area contributed by atoms with Crippen LogP contribution in [0.1, 0.15) is 15.9 Å². The van der Waals surface area contributed by atoms with Crippen molar-refractivity contribution in [2.45, 2.75) is 6.23 Å². The van der Waals surface area contributed by atoms with E-state index in [0.29, 0.717) is 22.6 Å². The topological polar surface area (TPSA) is 70.9 Å². The normalized spacial score (nSPS) is 16.5. The summed E-state index contributed by atoms with van der Waals surface area (Å²) in [6.07, 6.45) is -0.923. The first-order valence-corrected chi connectivity index (χ1v) is 6.50. The molecule has 1 unspecified atom stereocenters. The molecule has 1 aliphatic heterocycles. The molecule has 0 saturated carbocycles. The predicted octanol–water partition coefficient (Wildman–Crippen LogP) is 2.34. The number of aliphatic hydroxyl groups is 1. The standard InChI is InChI=1S/C16H14N2O3/c1-21-16(20)11-7-8-12-13(9-11)18-15(19)14(17-12)10-5-3-2-4-6-10/h2-9,15,18-19H,1H3. The van der Waals surface area contributed by atoms with E-state index in [4.69, 9.17) is 0 Å². The van der Waals surface area contributed by atoms with Crippen LogP contribution in [0.15, 0.2) is 53.5 Å². The van der Waals surface area contributed by atoms with Crippen LogP contribution in [0.3, 0.4) is 0 Å². The third-order valence-corrected chi connectivity index (χ3v) is 3.28. The molecular formula is C16H14N2O3. The van der Waals surface area contributed by atoms with E-state index in [1.165, 1.54) is 7.11 Å². The van der Waals surface area contributed by atoms with E-state index in [2.05, 4.69) is 15.0 Å². The van der Waals surface area contributed by atoms with Crippen molar-refractivity contribution in [3.63, 3.8) is 0 Å². The number of aliphatic hydroxyl groups excluding tert-OH is 1. The summed E-state index contributed by atoms with van der Waals surface area (Å²) in [5.74, 6) is -0.424. The summed E-state index contributed by atoms with van der Waals surface area (Å²) >= 11 is 0. The Bertz CT molecular complexity index is 711. The van der Waals surface area contributed by atoms with Crippen molar-refractivity contribution >= 4 is 23.1 Å². The fourth-order valence-electron chi connectivity index (χ4n) is 2.23. The monoisotopic (exact) mass is 282 g/mol. The van der Waals surface area contributed by atoms with Crippen LogP contribution in [0.4, 0.5) is 11.4 Å². The summed E-state index contributed by atoms with van der Waals surface area (Å²) in [7, 11) is 1.33. The minimum absolute atomic E-state index is 0.411. The van der Waals surface area contributed by atoms with Gasteiger partial charge in [0, 0.05) is 5.56 Å². The van der Waals surface area contributed by atoms with E-state index in [-0.39, 0.29) is 0 Å². The second-order valence-corrected chi connectivity index (χ2v) is 4.63. The average Bonchev–Trinajstić information content (AvgIpc) is 2.53. The lowest BCUT2D eigenvalue weighted by molar-refractivity contribution is 0.0601. The minimum atomic E-state index is -0.923. The highest BCUT2D eigenvalue weighted by Crippen LogP contribution is 2.31. The molecule has 2 N–H and O–H groups in total. The molecule has 5 nitrogen and oxygen atoms in total. The Hall–Kier alpha value is -2.66. The van der Waals surface area contributed by atoms with Crippen LogP contribution >= 0.6 is 0 Å². The van der Waals surface area contributed by atoms with Gasteiger partial charge in [-0.05, 0) is 18.2 Å². The number of ether oxygens (including phenoxy) is 1. The molecule has 0 radical (unpaired) electrons. The van der Waals surface area contributed by atoms with Crippen LogP contribution in [0, 0.1) is 0 Å².